The fourth-order valence-electron chi connectivity index (χ4n) is 4.35. The zero-order valence-corrected chi connectivity index (χ0v) is 22.1. The van der Waals surface area contributed by atoms with Crippen molar-refractivity contribution >= 4 is 35.0 Å². The molecule has 1 aromatic heterocycles. The molecule has 1 atom stereocenters. The third-order valence-electron chi connectivity index (χ3n) is 6.23. The number of anilines is 1. The average Bonchev–Trinajstić information content (AvgIpc) is 3.22. The molecule has 4 aromatic rings. The van der Waals surface area contributed by atoms with Gasteiger partial charge in [0.2, 0.25) is 0 Å². The predicted molar refractivity (Wildman–Crippen MR) is 150 cm³/mol. The number of allylic oxidation sites excluding steroid dienone is 1. The van der Waals surface area contributed by atoms with Crippen LogP contribution in [0, 0.1) is 6.92 Å². The van der Waals surface area contributed by atoms with Gasteiger partial charge in [0.1, 0.15) is 5.75 Å². The van der Waals surface area contributed by atoms with Gasteiger partial charge in [-0.1, -0.05) is 71.5 Å². The largest absolute Gasteiger partial charge is 0.482 e. The lowest BCUT2D eigenvalue weighted by atomic mass is 9.94. The molecule has 5 rings (SSSR count). The van der Waals surface area contributed by atoms with Crippen LogP contribution in [0.3, 0.4) is 0 Å². The summed E-state index contributed by atoms with van der Waals surface area (Å²) < 4.78 is 7.23. The van der Waals surface area contributed by atoms with Gasteiger partial charge in [-0.05, 0) is 55.3 Å². The van der Waals surface area contributed by atoms with Crippen molar-refractivity contribution in [1.29, 1.82) is 0 Å². The molecular weight excluding hydrogens is 514 g/mol. The summed E-state index contributed by atoms with van der Waals surface area (Å²) in [6.45, 7) is 3.34. The van der Waals surface area contributed by atoms with Crippen molar-refractivity contribution < 1.29 is 19.4 Å². The lowest BCUT2D eigenvalue weighted by molar-refractivity contribution is -0.139. The molecule has 0 saturated carbocycles. The highest BCUT2D eigenvalue weighted by atomic mass is 32.1. The SMILES string of the molecule is CC1=C(C(=O)Nc2ccccc2)[C@@H](c2ccc(C)cc2)n2c(s/c(=C\c3ccc(OCC(=O)O)cc3)c2=O)=N1. The van der Waals surface area contributed by atoms with Crippen LogP contribution in [0.5, 0.6) is 5.75 Å². The number of aliphatic carboxylic acids is 1. The fourth-order valence-corrected chi connectivity index (χ4v) is 5.40. The highest BCUT2D eigenvalue weighted by molar-refractivity contribution is 7.07. The molecular formula is C30H25N3O5S. The number of carbonyl (C=O) groups excluding carboxylic acids is 1. The summed E-state index contributed by atoms with van der Waals surface area (Å²) in [7, 11) is 0. The zero-order chi connectivity index (χ0) is 27.5. The first-order valence-corrected chi connectivity index (χ1v) is 13.0. The Balaban J connectivity index is 1.58. The lowest BCUT2D eigenvalue weighted by Gasteiger charge is -2.25. The van der Waals surface area contributed by atoms with E-state index in [9.17, 15) is 14.4 Å². The number of ether oxygens (including phenoxy) is 1. The van der Waals surface area contributed by atoms with E-state index in [0.29, 0.717) is 32.0 Å². The first kappa shape index (κ1) is 25.9. The fraction of sp³-hybridized carbons (Fsp3) is 0.133. The molecule has 0 spiro atoms. The second kappa shape index (κ2) is 10.9. The zero-order valence-electron chi connectivity index (χ0n) is 21.3. The highest BCUT2D eigenvalue weighted by Crippen LogP contribution is 2.31. The van der Waals surface area contributed by atoms with E-state index in [4.69, 9.17) is 9.84 Å². The number of para-hydroxylation sites is 1. The van der Waals surface area contributed by atoms with Crippen molar-refractivity contribution in [1.82, 2.24) is 4.57 Å². The minimum Gasteiger partial charge on any atom is -0.482 e. The number of carbonyl (C=O) groups is 2. The van der Waals surface area contributed by atoms with Crippen LogP contribution in [0.25, 0.3) is 6.08 Å². The summed E-state index contributed by atoms with van der Waals surface area (Å²) in [6.07, 6.45) is 1.75. The van der Waals surface area contributed by atoms with Gasteiger partial charge in [-0.15, -0.1) is 0 Å². The van der Waals surface area contributed by atoms with Crippen LogP contribution >= 0.6 is 11.3 Å². The normalized spacial score (nSPS) is 14.9. The van der Waals surface area contributed by atoms with Crippen LogP contribution in [-0.4, -0.2) is 28.2 Å². The Labute approximate surface area is 227 Å². The van der Waals surface area contributed by atoms with Crippen molar-refractivity contribution in [3.8, 4) is 5.75 Å². The number of thiazole rings is 1. The topological polar surface area (TPSA) is 110 Å². The number of benzene rings is 3. The van der Waals surface area contributed by atoms with Gasteiger partial charge in [0.15, 0.2) is 11.4 Å². The van der Waals surface area contributed by atoms with Gasteiger partial charge >= 0.3 is 5.97 Å². The van der Waals surface area contributed by atoms with Gasteiger partial charge < -0.3 is 15.2 Å². The molecule has 0 fully saturated rings. The molecule has 196 valence electrons. The van der Waals surface area contributed by atoms with Gasteiger partial charge in [-0.3, -0.25) is 14.2 Å². The molecule has 8 nitrogen and oxygen atoms in total. The number of carboxylic acid groups (broad SMARTS) is 1. The van der Waals surface area contributed by atoms with E-state index in [0.717, 1.165) is 16.7 Å². The molecule has 2 heterocycles. The molecule has 0 saturated heterocycles. The summed E-state index contributed by atoms with van der Waals surface area (Å²) in [4.78, 5) is 43.3. The van der Waals surface area contributed by atoms with Gasteiger partial charge in [0.05, 0.1) is 21.8 Å². The van der Waals surface area contributed by atoms with Crippen molar-refractivity contribution in [3.05, 3.63) is 127 Å². The second-order valence-electron chi connectivity index (χ2n) is 9.06. The maximum absolute atomic E-state index is 13.8. The Morgan fingerprint density at radius 2 is 1.72 bits per heavy atom. The minimum atomic E-state index is -1.06. The van der Waals surface area contributed by atoms with Crippen molar-refractivity contribution in [3.63, 3.8) is 0 Å². The summed E-state index contributed by atoms with van der Waals surface area (Å²) in [5.74, 6) is -0.963. The highest BCUT2D eigenvalue weighted by Gasteiger charge is 2.32. The monoisotopic (exact) mass is 539 g/mol. The number of rotatable bonds is 7. The number of hydrogen-bond acceptors (Lipinski definition) is 6. The van der Waals surface area contributed by atoms with Crippen LogP contribution in [0.1, 0.15) is 29.7 Å². The second-order valence-corrected chi connectivity index (χ2v) is 10.1. The number of hydrogen-bond donors (Lipinski definition) is 2. The summed E-state index contributed by atoms with van der Waals surface area (Å²) in [5.41, 5.74) is 3.96. The van der Waals surface area contributed by atoms with Crippen molar-refractivity contribution in [2.24, 2.45) is 4.99 Å². The maximum atomic E-state index is 13.8. The van der Waals surface area contributed by atoms with E-state index < -0.39 is 18.6 Å². The molecule has 9 heteroatoms. The average molecular weight is 540 g/mol. The number of carboxylic acids is 1. The number of nitrogens with zero attached hydrogens (tertiary/aromatic N) is 2. The Hall–Kier alpha value is -4.76. The Morgan fingerprint density at radius 3 is 2.38 bits per heavy atom. The lowest BCUT2D eigenvalue weighted by Crippen LogP contribution is -2.40. The molecule has 1 amide bonds. The molecule has 39 heavy (non-hydrogen) atoms. The van der Waals surface area contributed by atoms with Crippen LogP contribution in [0.2, 0.25) is 0 Å². The quantitative estimate of drug-likeness (QED) is 0.373. The van der Waals surface area contributed by atoms with Gasteiger partial charge in [-0.2, -0.15) is 0 Å². The Kier molecular flexibility index (Phi) is 7.25. The molecule has 0 radical (unpaired) electrons. The molecule has 1 aliphatic rings. The first-order valence-electron chi connectivity index (χ1n) is 12.2. The van der Waals surface area contributed by atoms with E-state index in [1.54, 1.807) is 41.8 Å². The van der Waals surface area contributed by atoms with E-state index >= 15 is 0 Å². The number of amides is 1. The number of nitrogens with one attached hydrogen (secondary N) is 1. The van der Waals surface area contributed by atoms with E-state index in [2.05, 4.69) is 10.3 Å². The van der Waals surface area contributed by atoms with Crippen LogP contribution in [-0.2, 0) is 9.59 Å². The first-order chi connectivity index (χ1) is 18.8. The summed E-state index contributed by atoms with van der Waals surface area (Å²) >= 11 is 1.25. The molecule has 1 aliphatic heterocycles. The molecule has 2 N–H and O–H groups in total. The van der Waals surface area contributed by atoms with Crippen molar-refractivity contribution in [2.75, 3.05) is 11.9 Å². The summed E-state index contributed by atoms with van der Waals surface area (Å²) in [6, 6.07) is 23.1. The van der Waals surface area contributed by atoms with Crippen LogP contribution < -0.4 is 24.9 Å². The molecule has 0 aliphatic carbocycles. The predicted octanol–water partition coefficient (Wildman–Crippen LogP) is 3.65. The smallest absolute Gasteiger partial charge is 0.341 e. The number of aromatic nitrogens is 1. The number of fused-ring (bicyclic) bond motifs is 1. The van der Waals surface area contributed by atoms with Gasteiger partial charge in [0, 0.05) is 5.69 Å². The third kappa shape index (κ3) is 5.58. The Bertz CT molecular complexity index is 1750. The van der Waals surface area contributed by atoms with E-state index in [1.165, 1.54) is 11.3 Å². The molecule has 0 unspecified atom stereocenters. The standard InChI is InChI=1S/C30H25N3O5S/c1-18-8-12-21(13-9-18)27-26(28(36)32-22-6-4-3-5-7-22)19(2)31-30-33(27)29(37)24(39-30)16-20-10-14-23(15-11-20)38-17-25(34)35/h3-16,27H,17H2,1-2H3,(H,32,36)(H,34,35)/b24-16-/t27-/m1/s1. The Morgan fingerprint density at radius 1 is 1.03 bits per heavy atom. The van der Waals surface area contributed by atoms with Crippen LogP contribution in [0.4, 0.5) is 5.69 Å². The third-order valence-corrected chi connectivity index (χ3v) is 7.21. The van der Waals surface area contributed by atoms with E-state index in [-0.39, 0.29) is 11.5 Å². The molecule has 0 bridgehead atoms. The van der Waals surface area contributed by atoms with Gasteiger partial charge in [0.25, 0.3) is 11.5 Å². The maximum Gasteiger partial charge on any atom is 0.341 e. The van der Waals surface area contributed by atoms with Crippen LogP contribution in [0.15, 0.2) is 99.9 Å². The number of aryl methyl sites for hydroxylation is 1. The summed E-state index contributed by atoms with van der Waals surface area (Å²) in [5, 5.41) is 11.7. The van der Waals surface area contributed by atoms with Crippen molar-refractivity contribution in [2.45, 2.75) is 19.9 Å². The van der Waals surface area contributed by atoms with E-state index in [1.807, 2.05) is 61.5 Å². The minimum absolute atomic E-state index is 0.256. The molecule has 3 aromatic carbocycles. The van der Waals surface area contributed by atoms with Gasteiger partial charge in [-0.25, -0.2) is 9.79 Å².